The third-order valence-electron chi connectivity index (χ3n) is 13.5. The standard InChI is InChI=1S/C61H35BrF14O17/c62-53-51(91-59(82)36-20-29(68)6-13-43(36)75)49(89-57(80)34-18-27(66)4-11-41(34)73)48(45(86-53)22-84-54(77)31-15-24(63)1-8-38(31)70)93-61-52(92-60(83)37-21-30(69)7-14-44(37)76)50(90-58(81)35-19-28(67)5-12-42(35)74)47(88-56(79)33-17-26(65)3-10-40(33)72)46(87-61)23-85-55(78)32-16-25(64)2-9-39(32)71/h1-21,45-53,61H,22-23H2/t45-,46-,47+,48-,49+,50+,51-,52-,53+,61+/m1/s1. The molecule has 0 unspecified atom stereocenters. The molecule has 486 valence electrons. The number of rotatable bonds is 18. The number of alkyl halides is 1. The Kier molecular flexibility index (Phi) is 20.9. The van der Waals surface area contributed by atoms with Crippen molar-refractivity contribution in [2.45, 2.75) is 60.1 Å². The molecule has 2 aliphatic heterocycles. The molecular weight excluding hydrogens is 1350 g/mol. The first-order valence-electron chi connectivity index (χ1n) is 26.3. The van der Waals surface area contributed by atoms with Crippen molar-refractivity contribution in [2.24, 2.45) is 0 Å². The molecule has 17 nitrogen and oxygen atoms in total. The van der Waals surface area contributed by atoms with Gasteiger partial charge in [0.1, 0.15) is 113 Å². The Morgan fingerprint density at radius 2 is 0.538 bits per heavy atom. The molecule has 7 aromatic rings. The van der Waals surface area contributed by atoms with Crippen molar-refractivity contribution in [3.63, 3.8) is 0 Å². The highest BCUT2D eigenvalue weighted by atomic mass is 79.9. The quantitative estimate of drug-likeness (QED) is 0.0338. The molecule has 0 radical (unpaired) electrons. The fourth-order valence-electron chi connectivity index (χ4n) is 9.09. The SMILES string of the molecule is O=C(OC[C@H]1O[C@@H](O[C@H]2[C@H](OC(=O)c3cc(F)ccc3F)[C@@H](OC(=O)c3cc(F)ccc3F)[C@@H](Br)O[C@@H]2COC(=O)c2cc(F)ccc2F)[C@H](OC(=O)c2cc(F)ccc2F)[C@@H](OC(=O)c2cc(F)ccc2F)[C@H]1OC(=O)c1cc(F)ccc1F)c1cc(F)ccc1F. The molecule has 9 rings (SSSR count). The van der Waals surface area contributed by atoms with Gasteiger partial charge in [-0.25, -0.2) is 95.0 Å². The topological polar surface area (TPSA) is 212 Å². The maximum absolute atomic E-state index is 15.7. The number of hydrogen-bond donors (Lipinski definition) is 0. The van der Waals surface area contributed by atoms with E-state index in [0.29, 0.717) is 91.0 Å². The van der Waals surface area contributed by atoms with E-state index >= 15 is 30.7 Å². The Morgan fingerprint density at radius 3 is 0.839 bits per heavy atom. The largest absolute Gasteiger partial charge is 0.459 e. The van der Waals surface area contributed by atoms with Gasteiger partial charge >= 0.3 is 41.8 Å². The lowest BCUT2D eigenvalue weighted by molar-refractivity contribution is -0.334. The van der Waals surface area contributed by atoms with Crippen LogP contribution in [0.25, 0.3) is 0 Å². The lowest BCUT2D eigenvalue weighted by atomic mass is 9.96. The van der Waals surface area contributed by atoms with Gasteiger partial charge < -0.3 is 47.4 Å². The minimum absolute atomic E-state index is 0.177. The second kappa shape index (κ2) is 28.8. The number of carbonyl (C=O) groups is 7. The van der Waals surface area contributed by atoms with Gasteiger partial charge in [-0.2, -0.15) is 0 Å². The first-order chi connectivity index (χ1) is 44.1. The Morgan fingerprint density at radius 1 is 0.301 bits per heavy atom. The third-order valence-corrected chi connectivity index (χ3v) is 14.2. The van der Waals surface area contributed by atoms with E-state index in [2.05, 4.69) is 15.9 Å². The molecule has 10 atom stereocenters. The van der Waals surface area contributed by atoms with Crippen LogP contribution in [0.4, 0.5) is 61.5 Å². The molecule has 2 saturated heterocycles. The molecule has 2 fully saturated rings. The van der Waals surface area contributed by atoms with Crippen molar-refractivity contribution in [1.82, 2.24) is 0 Å². The van der Waals surface area contributed by atoms with Gasteiger partial charge in [0, 0.05) is 0 Å². The van der Waals surface area contributed by atoms with Gasteiger partial charge in [-0.05, 0) is 127 Å². The second-order valence-electron chi connectivity index (χ2n) is 19.6. The summed E-state index contributed by atoms with van der Waals surface area (Å²) in [7, 11) is 0. The Hall–Kier alpha value is -9.79. The van der Waals surface area contributed by atoms with Crippen LogP contribution in [0.3, 0.4) is 0 Å². The summed E-state index contributed by atoms with van der Waals surface area (Å²) in [6.45, 7) is -3.10. The number of carbonyl (C=O) groups excluding carboxylic acids is 7. The highest BCUT2D eigenvalue weighted by Gasteiger charge is 2.58. The fraction of sp³-hybridized carbons (Fsp3) is 0.197. The van der Waals surface area contributed by atoms with Crippen molar-refractivity contribution < 1.29 is 142 Å². The molecule has 2 heterocycles. The molecule has 32 heteroatoms. The summed E-state index contributed by atoms with van der Waals surface area (Å²) in [6, 6.07) is 8.11. The average Bonchev–Trinajstić information content (AvgIpc) is 0.785. The summed E-state index contributed by atoms with van der Waals surface area (Å²) >= 11 is 2.98. The van der Waals surface area contributed by atoms with Crippen LogP contribution < -0.4 is 0 Å². The van der Waals surface area contributed by atoms with Crippen molar-refractivity contribution in [3.8, 4) is 0 Å². The van der Waals surface area contributed by atoms with E-state index in [1.807, 2.05) is 0 Å². The average molecular weight is 1390 g/mol. The van der Waals surface area contributed by atoms with Gasteiger partial charge in [-0.3, -0.25) is 0 Å². The summed E-state index contributed by atoms with van der Waals surface area (Å²) in [6.07, 6.45) is -25.1. The minimum atomic E-state index is -3.06. The van der Waals surface area contributed by atoms with Crippen LogP contribution in [0, 0.1) is 81.4 Å². The number of esters is 7. The fourth-order valence-corrected chi connectivity index (χ4v) is 9.77. The molecule has 0 N–H and O–H groups in total. The van der Waals surface area contributed by atoms with Crippen LogP contribution in [-0.4, -0.2) is 115 Å². The second-order valence-corrected chi connectivity index (χ2v) is 20.5. The monoisotopic (exact) mass is 1380 g/mol. The van der Waals surface area contributed by atoms with Gasteiger partial charge in [0.05, 0.1) is 38.9 Å². The van der Waals surface area contributed by atoms with Gasteiger partial charge in [0.2, 0.25) is 0 Å². The van der Waals surface area contributed by atoms with Gasteiger partial charge in [0.25, 0.3) is 0 Å². The normalized spacial score (nSPS) is 21.0. The number of benzene rings is 7. The lowest BCUT2D eigenvalue weighted by Gasteiger charge is -2.48. The molecular formula is C61H35BrF14O17. The maximum Gasteiger partial charge on any atom is 0.341 e. The van der Waals surface area contributed by atoms with Crippen molar-refractivity contribution >= 4 is 57.7 Å². The predicted molar refractivity (Wildman–Crippen MR) is 282 cm³/mol. The molecule has 0 aromatic heterocycles. The molecule has 7 aromatic carbocycles. The van der Waals surface area contributed by atoms with E-state index in [0.717, 1.165) is 0 Å². The Balaban J connectivity index is 1.26. The zero-order valence-electron chi connectivity index (χ0n) is 45.9. The van der Waals surface area contributed by atoms with Crippen LogP contribution in [-0.2, 0) is 47.4 Å². The molecule has 0 spiro atoms. The maximum atomic E-state index is 15.7. The lowest BCUT2D eigenvalue weighted by Crippen LogP contribution is -2.66. The molecule has 0 aliphatic carbocycles. The van der Waals surface area contributed by atoms with Crippen molar-refractivity contribution in [1.29, 1.82) is 0 Å². The summed E-state index contributed by atoms with van der Waals surface area (Å²) in [5, 5.41) is -2.11. The summed E-state index contributed by atoms with van der Waals surface area (Å²) < 4.78 is 267. The first kappa shape index (κ1) is 67.6. The number of ether oxygens (including phenoxy) is 10. The number of halogens is 15. The van der Waals surface area contributed by atoms with Crippen LogP contribution in [0.2, 0.25) is 0 Å². The van der Waals surface area contributed by atoms with Crippen LogP contribution >= 0.6 is 15.9 Å². The van der Waals surface area contributed by atoms with Crippen LogP contribution in [0.15, 0.2) is 127 Å². The van der Waals surface area contributed by atoms with Crippen molar-refractivity contribution in [3.05, 3.63) is 248 Å². The van der Waals surface area contributed by atoms with E-state index < -0.39 is 236 Å². The molecule has 93 heavy (non-hydrogen) atoms. The molecule has 0 bridgehead atoms. The van der Waals surface area contributed by atoms with Crippen LogP contribution in [0.5, 0.6) is 0 Å². The Bertz CT molecular complexity index is 4090. The summed E-state index contributed by atoms with van der Waals surface area (Å²) in [5.74, 6) is -33.9. The molecule has 0 saturated carbocycles. The van der Waals surface area contributed by atoms with E-state index in [-0.39, 0.29) is 36.4 Å². The smallest absolute Gasteiger partial charge is 0.341 e. The van der Waals surface area contributed by atoms with E-state index in [1.165, 1.54) is 0 Å². The van der Waals surface area contributed by atoms with Crippen molar-refractivity contribution in [2.75, 3.05) is 13.2 Å². The third kappa shape index (κ3) is 15.8. The van der Waals surface area contributed by atoms with E-state index in [1.54, 1.807) is 0 Å². The highest BCUT2D eigenvalue weighted by molar-refractivity contribution is 9.09. The molecule has 2 aliphatic rings. The number of hydrogen-bond acceptors (Lipinski definition) is 17. The zero-order valence-corrected chi connectivity index (χ0v) is 47.5. The van der Waals surface area contributed by atoms with E-state index in [9.17, 15) is 64.3 Å². The van der Waals surface area contributed by atoms with Crippen LogP contribution in [0.1, 0.15) is 72.5 Å². The van der Waals surface area contributed by atoms with E-state index in [4.69, 9.17) is 47.4 Å². The zero-order chi connectivity index (χ0) is 67.3. The predicted octanol–water partition coefficient (Wildman–Crippen LogP) is 11.0. The highest BCUT2D eigenvalue weighted by Crippen LogP contribution is 2.39. The van der Waals surface area contributed by atoms with Gasteiger partial charge in [0.15, 0.2) is 41.8 Å². The Labute approximate surface area is 519 Å². The minimum Gasteiger partial charge on any atom is -0.459 e. The first-order valence-corrected chi connectivity index (χ1v) is 27.2. The summed E-state index contributed by atoms with van der Waals surface area (Å²) in [4.78, 5) is 98.4. The van der Waals surface area contributed by atoms with Gasteiger partial charge in [-0.1, -0.05) is 15.9 Å². The van der Waals surface area contributed by atoms with Gasteiger partial charge in [-0.15, -0.1) is 0 Å². The molecule has 0 amide bonds. The summed E-state index contributed by atoms with van der Waals surface area (Å²) in [5.41, 5.74) is -9.06.